The van der Waals surface area contributed by atoms with Gasteiger partial charge in [-0.2, -0.15) is 9.78 Å². The van der Waals surface area contributed by atoms with Crippen molar-refractivity contribution in [1.82, 2.24) is 20.2 Å². The Balaban J connectivity index is 1.90. The van der Waals surface area contributed by atoms with Crippen LogP contribution >= 0.6 is 23.4 Å². The van der Waals surface area contributed by atoms with E-state index in [4.69, 9.17) is 21.4 Å². The maximum Gasteiger partial charge on any atom is 0.408 e. The molecule has 1 aliphatic rings. The lowest BCUT2D eigenvalue weighted by Crippen LogP contribution is -2.36. The third kappa shape index (κ3) is 5.73. The Morgan fingerprint density at radius 2 is 1.97 bits per heavy atom. The van der Waals surface area contributed by atoms with Crippen molar-refractivity contribution in [3.05, 3.63) is 40.7 Å². The molecule has 9 heteroatoms. The fraction of sp³-hybridized carbons (Fsp3) is 0.500. The van der Waals surface area contributed by atoms with E-state index in [9.17, 15) is 4.79 Å². The number of alkyl carbamates (subject to hydrolysis) is 1. The van der Waals surface area contributed by atoms with Gasteiger partial charge in [-0.1, -0.05) is 49.3 Å². The summed E-state index contributed by atoms with van der Waals surface area (Å²) in [6.07, 6.45) is 0.208. The number of nitrogens with one attached hydrogen (secondary N) is 1. The number of thioether (sulfide) groups is 1. The van der Waals surface area contributed by atoms with E-state index in [2.05, 4.69) is 29.4 Å². The summed E-state index contributed by atoms with van der Waals surface area (Å²) in [5, 5.41) is 17.7. The lowest BCUT2D eigenvalue weighted by Gasteiger charge is -2.24. The third-order valence-electron chi connectivity index (χ3n) is 4.08. The van der Waals surface area contributed by atoms with Crippen molar-refractivity contribution in [2.45, 2.75) is 57.8 Å². The maximum absolute atomic E-state index is 12.4. The molecule has 0 fully saturated rings. The minimum Gasteiger partial charge on any atom is -0.444 e. The van der Waals surface area contributed by atoms with Gasteiger partial charge in [0.25, 0.3) is 0 Å². The van der Waals surface area contributed by atoms with E-state index in [-0.39, 0.29) is 6.04 Å². The van der Waals surface area contributed by atoms with Gasteiger partial charge in [-0.15, -0.1) is 10.2 Å². The summed E-state index contributed by atoms with van der Waals surface area (Å²) >= 11 is 7.56. The standard InChI is InChI=1S/C20H26ClN5O2S/c1-12(2)10-15(22-19(27)28-20(3,4)5)17-23-24-18-26(17)25-16(11-29-18)13-6-8-14(21)9-7-13/h6-9,12,15H,10-11H2,1-5H3,(H,22,27). The minimum absolute atomic E-state index is 0.332. The molecule has 0 spiro atoms. The maximum atomic E-state index is 12.4. The van der Waals surface area contributed by atoms with Crippen LogP contribution in [0.15, 0.2) is 34.5 Å². The smallest absolute Gasteiger partial charge is 0.408 e. The largest absolute Gasteiger partial charge is 0.444 e. The lowest BCUT2D eigenvalue weighted by molar-refractivity contribution is 0.0494. The molecule has 1 unspecified atom stereocenters. The molecular weight excluding hydrogens is 410 g/mol. The number of hydrogen-bond acceptors (Lipinski definition) is 6. The summed E-state index contributed by atoms with van der Waals surface area (Å²) in [5.41, 5.74) is 1.32. The molecule has 0 saturated carbocycles. The minimum atomic E-state index is -0.577. The summed E-state index contributed by atoms with van der Waals surface area (Å²) in [5.74, 6) is 1.62. The van der Waals surface area contributed by atoms with Gasteiger partial charge in [-0.25, -0.2) is 4.79 Å². The number of hydrogen-bond donors (Lipinski definition) is 1. The number of ether oxygens (including phenoxy) is 1. The Labute approximate surface area is 180 Å². The summed E-state index contributed by atoms with van der Waals surface area (Å²) in [6, 6.07) is 7.22. The van der Waals surface area contributed by atoms with E-state index < -0.39 is 11.7 Å². The fourth-order valence-corrected chi connectivity index (χ4v) is 3.87. The van der Waals surface area contributed by atoms with Crippen LogP contribution in [-0.2, 0) is 4.74 Å². The fourth-order valence-electron chi connectivity index (χ4n) is 2.89. The van der Waals surface area contributed by atoms with Gasteiger partial charge in [-0.3, -0.25) is 0 Å². The Morgan fingerprint density at radius 1 is 1.28 bits per heavy atom. The van der Waals surface area contributed by atoms with Crippen LogP contribution in [0, 0.1) is 5.92 Å². The van der Waals surface area contributed by atoms with Gasteiger partial charge < -0.3 is 10.1 Å². The molecule has 1 aliphatic heterocycles. The highest BCUT2D eigenvalue weighted by Gasteiger charge is 2.28. The molecule has 1 aromatic carbocycles. The second-order valence-corrected chi connectivity index (χ2v) is 9.70. The molecule has 156 valence electrons. The van der Waals surface area contributed by atoms with Crippen molar-refractivity contribution in [1.29, 1.82) is 0 Å². The monoisotopic (exact) mass is 435 g/mol. The number of carbonyl (C=O) groups excluding carboxylic acids is 1. The van der Waals surface area contributed by atoms with Crippen LogP contribution in [0.1, 0.15) is 58.5 Å². The van der Waals surface area contributed by atoms with Crippen molar-refractivity contribution >= 4 is 35.2 Å². The number of fused-ring (bicyclic) bond motifs is 1. The molecular formula is C20H26ClN5O2S. The van der Waals surface area contributed by atoms with Gasteiger partial charge in [0.05, 0.1) is 11.8 Å². The predicted molar refractivity (Wildman–Crippen MR) is 116 cm³/mol. The Morgan fingerprint density at radius 3 is 2.59 bits per heavy atom. The third-order valence-corrected chi connectivity index (χ3v) is 5.26. The van der Waals surface area contributed by atoms with Gasteiger partial charge in [0, 0.05) is 10.8 Å². The zero-order valence-electron chi connectivity index (χ0n) is 17.3. The second kappa shape index (κ2) is 8.75. The molecule has 1 N–H and O–H groups in total. The first-order valence-electron chi connectivity index (χ1n) is 9.54. The molecule has 3 rings (SSSR count). The molecule has 0 saturated heterocycles. The number of carbonyl (C=O) groups is 1. The second-order valence-electron chi connectivity index (χ2n) is 8.32. The lowest BCUT2D eigenvalue weighted by atomic mass is 10.0. The average Bonchev–Trinajstić information content (AvgIpc) is 3.03. The topological polar surface area (TPSA) is 81.4 Å². The molecule has 2 heterocycles. The van der Waals surface area contributed by atoms with E-state index in [1.165, 1.54) is 0 Å². The quantitative estimate of drug-likeness (QED) is 0.722. The van der Waals surface area contributed by atoms with Gasteiger partial charge in [0.1, 0.15) is 5.60 Å². The zero-order valence-corrected chi connectivity index (χ0v) is 18.8. The van der Waals surface area contributed by atoms with Crippen molar-refractivity contribution in [2.75, 3.05) is 5.75 Å². The Kier molecular flexibility index (Phi) is 6.53. The highest BCUT2D eigenvalue weighted by atomic mass is 35.5. The average molecular weight is 436 g/mol. The van der Waals surface area contributed by atoms with Crippen LogP contribution in [0.3, 0.4) is 0 Å². The molecule has 0 aliphatic carbocycles. The van der Waals surface area contributed by atoms with Gasteiger partial charge >= 0.3 is 6.09 Å². The first-order chi connectivity index (χ1) is 13.6. The number of rotatable bonds is 5. The van der Waals surface area contributed by atoms with Crippen molar-refractivity contribution in [3.8, 4) is 0 Å². The highest BCUT2D eigenvalue weighted by molar-refractivity contribution is 7.99. The molecule has 2 aromatic rings. The van der Waals surface area contributed by atoms with Crippen LogP contribution in [-0.4, -0.2) is 38.0 Å². The zero-order chi connectivity index (χ0) is 21.2. The molecule has 1 aromatic heterocycles. The van der Waals surface area contributed by atoms with Crippen molar-refractivity contribution in [2.24, 2.45) is 11.0 Å². The van der Waals surface area contributed by atoms with Crippen LogP contribution in [0.5, 0.6) is 0 Å². The van der Waals surface area contributed by atoms with Crippen molar-refractivity contribution < 1.29 is 9.53 Å². The van der Waals surface area contributed by atoms with E-state index >= 15 is 0 Å². The van der Waals surface area contributed by atoms with Crippen LogP contribution in [0.4, 0.5) is 4.79 Å². The first kappa shape index (κ1) is 21.6. The Bertz CT molecular complexity index is 903. The number of halogens is 1. The van der Waals surface area contributed by atoms with E-state index in [0.29, 0.717) is 34.1 Å². The normalized spacial score (nSPS) is 14.9. The molecule has 29 heavy (non-hydrogen) atoms. The summed E-state index contributed by atoms with van der Waals surface area (Å²) in [7, 11) is 0. The van der Waals surface area contributed by atoms with Crippen molar-refractivity contribution in [3.63, 3.8) is 0 Å². The molecule has 7 nitrogen and oxygen atoms in total. The molecule has 1 amide bonds. The summed E-state index contributed by atoms with van der Waals surface area (Å²) in [4.78, 5) is 12.4. The molecule has 0 radical (unpaired) electrons. The first-order valence-corrected chi connectivity index (χ1v) is 10.9. The van der Waals surface area contributed by atoms with Gasteiger partial charge in [0.15, 0.2) is 5.82 Å². The van der Waals surface area contributed by atoms with E-state index in [1.807, 2.05) is 45.0 Å². The van der Waals surface area contributed by atoms with Crippen LogP contribution in [0.2, 0.25) is 5.02 Å². The molecule has 1 atom stereocenters. The number of aromatic nitrogens is 3. The van der Waals surface area contributed by atoms with Crippen LogP contribution in [0.25, 0.3) is 0 Å². The molecule has 0 bridgehead atoms. The summed E-state index contributed by atoms with van der Waals surface area (Å²) < 4.78 is 7.16. The summed E-state index contributed by atoms with van der Waals surface area (Å²) in [6.45, 7) is 9.69. The number of amides is 1. The number of benzene rings is 1. The van der Waals surface area contributed by atoms with Crippen LogP contribution < -0.4 is 5.32 Å². The van der Waals surface area contributed by atoms with E-state index in [0.717, 1.165) is 11.3 Å². The van der Waals surface area contributed by atoms with E-state index in [1.54, 1.807) is 16.4 Å². The Hall–Kier alpha value is -2.06. The highest BCUT2D eigenvalue weighted by Crippen LogP contribution is 2.29. The van der Waals surface area contributed by atoms with Gasteiger partial charge in [-0.05, 0) is 50.8 Å². The SMILES string of the molecule is CC(C)CC(NC(=O)OC(C)(C)C)c1nnc2n1N=C(c1ccc(Cl)cc1)CS2. The predicted octanol–water partition coefficient (Wildman–Crippen LogP) is 4.90. The number of nitrogens with zero attached hydrogens (tertiary/aromatic N) is 4. The van der Waals surface area contributed by atoms with Gasteiger partial charge in [0.2, 0.25) is 5.16 Å².